The first-order valence-corrected chi connectivity index (χ1v) is 12.7. The number of ether oxygens (including phenoxy) is 1. The minimum atomic E-state index is -0.619. The fraction of sp³-hybridized carbons (Fsp3) is 0.200. The van der Waals surface area contributed by atoms with Gasteiger partial charge in [0.1, 0.15) is 12.7 Å². The summed E-state index contributed by atoms with van der Waals surface area (Å²) in [6.07, 6.45) is 5.07. The second-order valence-corrected chi connectivity index (χ2v) is 9.82. The Morgan fingerprint density at radius 2 is 1.80 bits per heavy atom. The first kappa shape index (κ1) is 25.2. The number of rotatable bonds is 7. The lowest BCUT2D eigenvalue weighted by atomic mass is 9.93. The Labute approximate surface area is 229 Å². The number of nitrogens with one attached hydrogen (secondary N) is 1. The van der Waals surface area contributed by atoms with Gasteiger partial charge in [0.15, 0.2) is 5.82 Å². The number of nitriles is 1. The molecule has 6 rings (SSSR count). The lowest BCUT2D eigenvalue weighted by Gasteiger charge is -2.29. The van der Waals surface area contributed by atoms with E-state index in [4.69, 9.17) is 10.00 Å². The van der Waals surface area contributed by atoms with Crippen molar-refractivity contribution in [1.29, 1.82) is 5.26 Å². The number of amides is 2. The highest BCUT2D eigenvalue weighted by Crippen LogP contribution is 2.35. The molecule has 10 nitrogen and oxygen atoms in total. The van der Waals surface area contributed by atoms with Crippen molar-refractivity contribution in [2.75, 3.05) is 6.54 Å². The monoisotopic (exact) mass is 532 g/mol. The van der Waals surface area contributed by atoms with Crippen LogP contribution < -0.4 is 5.32 Å². The smallest absolute Gasteiger partial charge is 0.338 e. The number of aryl methyl sites for hydroxylation is 1. The summed E-state index contributed by atoms with van der Waals surface area (Å²) >= 11 is 0. The molecule has 0 fully saturated rings. The average Bonchev–Trinajstić information content (AvgIpc) is 3.65. The lowest BCUT2D eigenvalue weighted by molar-refractivity contribution is 0.0533. The molecular weight excluding hydrogens is 508 g/mol. The molecule has 1 atom stereocenters. The summed E-state index contributed by atoms with van der Waals surface area (Å²) < 4.78 is 6.86. The van der Waals surface area contributed by atoms with E-state index in [1.54, 1.807) is 53.3 Å². The Morgan fingerprint density at radius 1 is 1.05 bits per heavy atom. The zero-order valence-corrected chi connectivity index (χ0v) is 21.8. The Hall–Kier alpha value is -5.14. The van der Waals surface area contributed by atoms with Gasteiger partial charge in [-0.2, -0.15) is 10.4 Å². The number of imide groups is 1. The topological polar surface area (TPSA) is 130 Å². The van der Waals surface area contributed by atoms with Gasteiger partial charge in [0.2, 0.25) is 0 Å². The number of hydrogen-bond donors (Lipinski definition) is 1. The van der Waals surface area contributed by atoms with E-state index in [9.17, 15) is 14.4 Å². The maximum absolute atomic E-state index is 13.4. The van der Waals surface area contributed by atoms with E-state index in [0.717, 1.165) is 27.8 Å². The molecule has 198 valence electrons. The summed E-state index contributed by atoms with van der Waals surface area (Å²) in [4.78, 5) is 44.6. The van der Waals surface area contributed by atoms with Gasteiger partial charge in [-0.25, -0.2) is 14.5 Å². The largest absolute Gasteiger partial charge is 0.457 e. The van der Waals surface area contributed by atoms with Crippen molar-refractivity contribution in [2.24, 2.45) is 0 Å². The van der Waals surface area contributed by atoms with E-state index in [-0.39, 0.29) is 30.9 Å². The zero-order chi connectivity index (χ0) is 28.0. The molecule has 0 radical (unpaired) electrons. The van der Waals surface area contributed by atoms with E-state index in [1.165, 1.54) is 11.1 Å². The number of carbonyl (C=O) groups is 3. The van der Waals surface area contributed by atoms with E-state index in [1.807, 2.05) is 20.0 Å². The molecule has 40 heavy (non-hydrogen) atoms. The van der Waals surface area contributed by atoms with Crippen molar-refractivity contribution in [3.05, 3.63) is 111 Å². The normalized spacial score (nSPS) is 14.6. The Balaban J connectivity index is 1.27. The second kappa shape index (κ2) is 9.87. The quantitative estimate of drug-likeness (QED) is 0.283. The van der Waals surface area contributed by atoms with Gasteiger partial charge in [0.25, 0.3) is 11.8 Å². The minimum absolute atomic E-state index is 0.165. The van der Waals surface area contributed by atoms with Crippen LogP contribution in [0.1, 0.15) is 70.5 Å². The lowest BCUT2D eigenvalue weighted by Crippen LogP contribution is -2.40. The molecule has 10 heteroatoms. The van der Waals surface area contributed by atoms with Crippen LogP contribution in [0.4, 0.5) is 0 Å². The number of carbonyl (C=O) groups excluding carboxylic acids is 3. The highest BCUT2D eigenvalue weighted by atomic mass is 16.5. The summed E-state index contributed by atoms with van der Waals surface area (Å²) in [6.45, 7) is 4.59. The standard InChI is InChI=1S/C30H24N6O4/c1-17-9-27(33-13-20(17)10-31)35-15-19(12-34-35)11-32-14-26(21-7-8-24-25(18(21)2)16-40-30(24)39)36-28(37)22-5-3-4-6-23(22)29(36)38/h3-9,12-13,15,26,32H,11,14,16H2,1-2H3. The number of hydrogen-bond acceptors (Lipinski definition) is 8. The van der Waals surface area contributed by atoms with Crippen LogP contribution in [0, 0.1) is 25.2 Å². The van der Waals surface area contributed by atoms with Crippen LogP contribution in [-0.2, 0) is 17.9 Å². The van der Waals surface area contributed by atoms with Crippen molar-refractivity contribution >= 4 is 17.8 Å². The molecule has 0 spiro atoms. The fourth-order valence-electron chi connectivity index (χ4n) is 5.27. The molecule has 2 amide bonds. The number of aromatic nitrogens is 3. The van der Waals surface area contributed by atoms with E-state index < -0.39 is 6.04 Å². The van der Waals surface area contributed by atoms with Gasteiger partial charge in [-0.1, -0.05) is 18.2 Å². The highest BCUT2D eigenvalue weighted by molar-refractivity contribution is 6.21. The van der Waals surface area contributed by atoms with Gasteiger partial charge in [-0.3, -0.25) is 14.5 Å². The fourth-order valence-corrected chi connectivity index (χ4v) is 5.27. The molecule has 2 aliphatic heterocycles. The van der Waals surface area contributed by atoms with Gasteiger partial charge in [0.05, 0.1) is 34.5 Å². The predicted octanol–water partition coefficient (Wildman–Crippen LogP) is 3.55. The van der Waals surface area contributed by atoms with Gasteiger partial charge < -0.3 is 10.1 Å². The molecule has 2 aliphatic rings. The molecule has 1 N–H and O–H groups in total. The van der Waals surface area contributed by atoms with Gasteiger partial charge in [0, 0.05) is 36.6 Å². The number of benzene rings is 2. The summed E-state index contributed by atoms with van der Waals surface area (Å²) in [5, 5.41) is 16.9. The Kier molecular flexibility index (Phi) is 6.21. The van der Waals surface area contributed by atoms with Crippen molar-refractivity contribution in [2.45, 2.75) is 33.0 Å². The van der Waals surface area contributed by atoms with E-state index in [0.29, 0.717) is 34.6 Å². The van der Waals surface area contributed by atoms with Crippen molar-refractivity contribution in [1.82, 2.24) is 25.0 Å². The molecule has 0 saturated carbocycles. The molecule has 0 bridgehead atoms. The average molecular weight is 533 g/mol. The van der Waals surface area contributed by atoms with E-state index in [2.05, 4.69) is 21.5 Å². The third kappa shape index (κ3) is 4.13. The van der Waals surface area contributed by atoms with Crippen molar-refractivity contribution in [3.8, 4) is 11.9 Å². The molecule has 1 unspecified atom stereocenters. The van der Waals surface area contributed by atoms with Crippen LogP contribution in [0.3, 0.4) is 0 Å². The van der Waals surface area contributed by atoms with Gasteiger partial charge >= 0.3 is 5.97 Å². The molecule has 0 aliphatic carbocycles. The zero-order valence-electron chi connectivity index (χ0n) is 21.8. The van der Waals surface area contributed by atoms with Crippen LogP contribution in [0.5, 0.6) is 0 Å². The third-order valence-electron chi connectivity index (χ3n) is 7.46. The maximum atomic E-state index is 13.4. The first-order valence-electron chi connectivity index (χ1n) is 12.7. The molecular formula is C30H24N6O4. The SMILES string of the molecule is Cc1cc(-n2cc(CNCC(c3ccc4c(c3C)COC4=O)N3C(=O)c4ccccc4C3=O)cn2)ncc1C#N. The van der Waals surface area contributed by atoms with Crippen LogP contribution in [0.15, 0.2) is 61.1 Å². The van der Waals surface area contributed by atoms with E-state index >= 15 is 0 Å². The summed E-state index contributed by atoms with van der Waals surface area (Å²) in [5.74, 6) is -0.481. The number of cyclic esters (lactones) is 1. The Morgan fingerprint density at radius 3 is 2.50 bits per heavy atom. The number of nitrogens with zero attached hydrogens (tertiary/aromatic N) is 5. The minimum Gasteiger partial charge on any atom is -0.457 e. The van der Waals surface area contributed by atoms with Crippen LogP contribution in [0.2, 0.25) is 0 Å². The molecule has 4 aromatic rings. The van der Waals surface area contributed by atoms with Crippen molar-refractivity contribution in [3.63, 3.8) is 0 Å². The first-order chi connectivity index (χ1) is 19.4. The molecule has 0 saturated heterocycles. The predicted molar refractivity (Wildman–Crippen MR) is 142 cm³/mol. The number of pyridine rings is 1. The van der Waals surface area contributed by atoms with Crippen LogP contribution in [0.25, 0.3) is 5.82 Å². The van der Waals surface area contributed by atoms with Crippen molar-refractivity contribution < 1.29 is 19.1 Å². The van der Waals surface area contributed by atoms with Crippen LogP contribution in [-0.4, -0.2) is 44.0 Å². The number of esters is 1. The van der Waals surface area contributed by atoms with Gasteiger partial charge in [-0.05, 0) is 54.8 Å². The molecule has 4 heterocycles. The number of fused-ring (bicyclic) bond motifs is 2. The summed E-state index contributed by atoms with van der Waals surface area (Å²) in [6, 6.07) is 13.6. The van der Waals surface area contributed by atoms with Gasteiger partial charge in [-0.15, -0.1) is 0 Å². The van der Waals surface area contributed by atoms with Crippen LogP contribution >= 0.6 is 0 Å². The summed E-state index contributed by atoms with van der Waals surface area (Å²) in [5.41, 5.74) is 5.81. The molecule has 2 aromatic heterocycles. The third-order valence-corrected chi connectivity index (χ3v) is 7.46. The second-order valence-electron chi connectivity index (χ2n) is 9.82. The Bertz CT molecular complexity index is 1720. The summed E-state index contributed by atoms with van der Waals surface area (Å²) in [7, 11) is 0. The molecule has 2 aromatic carbocycles. The highest BCUT2D eigenvalue weighted by Gasteiger charge is 2.41. The maximum Gasteiger partial charge on any atom is 0.338 e.